The molecule has 1 aromatic heterocycles. The Morgan fingerprint density at radius 3 is 2.67 bits per heavy atom. The van der Waals surface area contributed by atoms with Crippen molar-refractivity contribution in [1.82, 2.24) is 14.7 Å². The molecule has 2 aliphatic heterocycles. The number of benzene rings is 1. The molecule has 1 aromatic carbocycles. The quantitative estimate of drug-likeness (QED) is 0.821. The van der Waals surface area contributed by atoms with E-state index in [1.807, 2.05) is 11.3 Å². The maximum Gasteiger partial charge on any atom is 0.0637 e. The van der Waals surface area contributed by atoms with E-state index in [0.717, 1.165) is 30.7 Å². The van der Waals surface area contributed by atoms with Gasteiger partial charge >= 0.3 is 0 Å². The third-order valence-corrected chi connectivity index (χ3v) is 7.19. The Kier molecular flexibility index (Phi) is 5.11. The Bertz CT molecular complexity index is 693. The number of likely N-dealkylation sites (tertiary alicyclic amines) is 1. The molecule has 130 valence electrons. The highest BCUT2D eigenvalue weighted by atomic mass is 35.5. The van der Waals surface area contributed by atoms with Crippen molar-refractivity contribution >= 4 is 33.0 Å². The van der Waals surface area contributed by atoms with Crippen LogP contribution in [0, 0.1) is 0 Å². The monoisotopic (exact) mass is 363 g/mol. The Morgan fingerprint density at radius 2 is 1.92 bits per heavy atom. The number of likely N-dealkylation sites (N-methyl/N-ethyl adjacent to an activating group) is 1. The van der Waals surface area contributed by atoms with Crippen molar-refractivity contribution in [2.45, 2.75) is 25.4 Å². The lowest BCUT2D eigenvalue weighted by atomic mass is 10.0. The van der Waals surface area contributed by atoms with E-state index >= 15 is 0 Å². The van der Waals surface area contributed by atoms with Crippen LogP contribution in [-0.2, 0) is 6.54 Å². The lowest BCUT2D eigenvalue weighted by molar-refractivity contribution is 0.0572. The molecule has 0 aliphatic carbocycles. The van der Waals surface area contributed by atoms with Gasteiger partial charge in [-0.25, -0.2) is 0 Å². The highest BCUT2D eigenvalue weighted by molar-refractivity contribution is 7.19. The zero-order valence-electron chi connectivity index (χ0n) is 14.4. The Labute approximate surface area is 153 Å². The molecule has 2 saturated heterocycles. The average Bonchev–Trinajstić information content (AvgIpc) is 2.92. The minimum atomic E-state index is 0.763. The normalized spacial score (nSPS) is 24.7. The molecule has 0 N–H and O–H groups in total. The second-order valence-electron chi connectivity index (χ2n) is 7.21. The van der Waals surface area contributed by atoms with Gasteiger partial charge in [-0.15, -0.1) is 11.3 Å². The van der Waals surface area contributed by atoms with E-state index in [1.54, 1.807) is 0 Å². The summed E-state index contributed by atoms with van der Waals surface area (Å²) in [4.78, 5) is 9.08. The van der Waals surface area contributed by atoms with Crippen molar-refractivity contribution in [3.05, 3.63) is 34.2 Å². The summed E-state index contributed by atoms with van der Waals surface area (Å²) in [6, 6.07) is 9.24. The predicted molar refractivity (Wildman–Crippen MR) is 104 cm³/mol. The second kappa shape index (κ2) is 7.30. The molecular weight excluding hydrogens is 338 g/mol. The number of rotatable bonds is 3. The molecule has 0 bridgehead atoms. The molecule has 24 heavy (non-hydrogen) atoms. The molecule has 1 atom stereocenters. The first kappa shape index (κ1) is 16.8. The molecule has 0 spiro atoms. The summed E-state index contributed by atoms with van der Waals surface area (Å²) in [6.45, 7) is 8.21. The van der Waals surface area contributed by atoms with Gasteiger partial charge in [0.1, 0.15) is 0 Å². The van der Waals surface area contributed by atoms with Gasteiger partial charge in [-0.3, -0.25) is 9.80 Å². The smallest absolute Gasteiger partial charge is 0.0637 e. The maximum atomic E-state index is 6.61. The van der Waals surface area contributed by atoms with Crippen LogP contribution in [0.5, 0.6) is 0 Å². The summed E-state index contributed by atoms with van der Waals surface area (Å²) in [6.07, 6.45) is 2.71. The molecule has 0 amide bonds. The van der Waals surface area contributed by atoms with E-state index in [4.69, 9.17) is 11.6 Å². The molecular formula is C19H26ClN3S. The number of thiophene rings is 1. The van der Waals surface area contributed by atoms with Crippen molar-refractivity contribution in [3.63, 3.8) is 0 Å². The summed E-state index contributed by atoms with van der Waals surface area (Å²) in [5, 5.41) is 2.18. The highest BCUT2D eigenvalue weighted by Gasteiger charge is 2.27. The van der Waals surface area contributed by atoms with Gasteiger partial charge in [-0.1, -0.05) is 29.8 Å². The van der Waals surface area contributed by atoms with E-state index in [9.17, 15) is 0 Å². The first-order valence-electron chi connectivity index (χ1n) is 9.01. The third-order valence-electron chi connectivity index (χ3n) is 5.49. The van der Waals surface area contributed by atoms with Crippen molar-refractivity contribution in [3.8, 4) is 0 Å². The topological polar surface area (TPSA) is 9.72 Å². The SMILES string of the molecule is CN1CCCC(N2CCN(Cc3sc4ccccc4c3Cl)CC2)C1. The second-order valence-corrected chi connectivity index (χ2v) is 8.72. The summed E-state index contributed by atoms with van der Waals surface area (Å²) in [5.41, 5.74) is 0. The predicted octanol–water partition coefficient (Wildman–Crippen LogP) is 3.77. The van der Waals surface area contributed by atoms with Gasteiger partial charge in [0.25, 0.3) is 0 Å². The van der Waals surface area contributed by atoms with Crippen LogP contribution in [0.15, 0.2) is 24.3 Å². The van der Waals surface area contributed by atoms with Crippen LogP contribution < -0.4 is 0 Å². The van der Waals surface area contributed by atoms with Crippen molar-refractivity contribution in [2.24, 2.45) is 0 Å². The molecule has 2 aromatic rings. The van der Waals surface area contributed by atoms with E-state index in [1.165, 1.54) is 54.0 Å². The summed E-state index contributed by atoms with van der Waals surface area (Å²) >= 11 is 8.46. The van der Waals surface area contributed by atoms with Gasteiger partial charge in [0.05, 0.1) is 5.02 Å². The molecule has 3 heterocycles. The van der Waals surface area contributed by atoms with Crippen molar-refractivity contribution in [2.75, 3.05) is 46.3 Å². The van der Waals surface area contributed by atoms with Crippen molar-refractivity contribution < 1.29 is 0 Å². The molecule has 0 radical (unpaired) electrons. The molecule has 5 heteroatoms. The Morgan fingerprint density at radius 1 is 1.12 bits per heavy atom. The van der Waals surface area contributed by atoms with Gasteiger partial charge < -0.3 is 4.90 Å². The highest BCUT2D eigenvalue weighted by Crippen LogP contribution is 2.36. The van der Waals surface area contributed by atoms with Gasteiger partial charge in [0.15, 0.2) is 0 Å². The van der Waals surface area contributed by atoms with E-state index in [0.29, 0.717) is 0 Å². The number of hydrogen-bond donors (Lipinski definition) is 0. The lowest BCUT2D eigenvalue weighted by Crippen LogP contribution is -2.54. The van der Waals surface area contributed by atoms with Crippen LogP contribution in [0.2, 0.25) is 5.02 Å². The van der Waals surface area contributed by atoms with Crippen LogP contribution in [-0.4, -0.2) is 67.1 Å². The zero-order chi connectivity index (χ0) is 16.5. The Hall–Kier alpha value is -0.650. The maximum absolute atomic E-state index is 6.61. The number of piperidine rings is 1. The van der Waals surface area contributed by atoms with Gasteiger partial charge in [0.2, 0.25) is 0 Å². The fourth-order valence-corrected chi connectivity index (χ4v) is 5.63. The number of halogens is 1. The van der Waals surface area contributed by atoms with Gasteiger partial charge in [-0.05, 0) is 32.5 Å². The summed E-state index contributed by atoms with van der Waals surface area (Å²) < 4.78 is 1.31. The summed E-state index contributed by atoms with van der Waals surface area (Å²) in [5.74, 6) is 0. The fourth-order valence-electron chi connectivity index (χ4n) is 4.09. The van der Waals surface area contributed by atoms with Crippen LogP contribution in [0.4, 0.5) is 0 Å². The van der Waals surface area contributed by atoms with E-state index in [2.05, 4.69) is 46.0 Å². The molecule has 3 nitrogen and oxygen atoms in total. The standard InChI is InChI=1S/C19H26ClN3S/c1-21-8-4-5-15(13-21)23-11-9-22(10-12-23)14-18-19(20)16-6-2-3-7-17(16)24-18/h2-3,6-7,15H,4-5,8-14H2,1H3. The first-order valence-corrected chi connectivity index (χ1v) is 10.2. The molecule has 4 rings (SSSR count). The van der Waals surface area contributed by atoms with Crippen molar-refractivity contribution in [1.29, 1.82) is 0 Å². The largest absolute Gasteiger partial charge is 0.305 e. The lowest BCUT2D eigenvalue weighted by Gasteiger charge is -2.42. The van der Waals surface area contributed by atoms with Gasteiger partial charge in [-0.2, -0.15) is 0 Å². The number of fused-ring (bicyclic) bond motifs is 1. The minimum absolute atomic E-state index is 0.763. The van der Waals surface area contributed by atoms with Crippen LogP contribution in [0.3, 0.4) is 0 Å². The van der Waals surface area contributed by atoms with Crippen LogP contribution in [0.1, 0.15) is 17.7 Å². The summed E-state index contributed by atoms with van der Waals surface area (Å²) in [7, 11) is 2.26. The van der Waals surface area contributed by atoms with Gasteiger partial charge in [0, 0.05) is 60.3 Å². The molecule has 1 unspecified atom stereocenters. The molecule has 0 saturated carbocycles. The number of nitrogens with zero attached hydrogens (tertiary/aromatic N) is 3. The minimum Gasteiger partial charge on any atom is -0.305 e. The van der Waals surface area contributed by atoms with E-state index < -0.39 is 0 Å². The zero-order valence-corrected chi connectivity index (χ0v) is 16.0. The van der Waals surface area contributed by atoms with E-state index in [-0.39, 0.29) is 0 Å². The first-order chi connectivity index (χ1) is 11.7. The Balaban J connectivity index is 1.36. The van der Waals surface area contributed by atoms with Crippen LogP contribution in [0.25, 0.3) is 10.1 Å². The van der Waals surface area contributed by atoms with Crippen LogP contribution >= 0.6 is 22.9 Å². The third kappa shape index (κ3) is 3.49. The number of hydrogen-bond acceptors (Lipinski definition) is 4. The number of piperazine rings is 1. The molecule has 2 fully saturated rings. The fraction of sp³-hybridized carbons (Fsp3) is 0.579. The molecule has 2 aliphatic rings. The average molecular weight is 364 g/mol.